The summed E-state index contributed by atoms with van der Waals surface area (Å²) in [6.45, 7) is 5.67. The van der Waals surface area contributed by atoms with Gasteiger partial charge >= 0.3 is 0 Å². The molecule has 0 atom stereocenters. The molecule has 0 saturated heterocycles. The van der Waals surface area contributed by atoms with Gasteiger partial charge in [-0.15, -0.1) is 0 Å². The Labute approximate surface area is 101 Å². The molecule has 0 saturated carbocycles. The molecule has 0 bridgehead atoms. The van der Waals surface area contributed by atoms with E-state index in [9.17, 15) is 4.39 Å². The number of guanidine groups is 1. The lowest BCUT2D eigenvalue weighted by Gasteiger charge is -2.18. The van der Waals surface area contributed by atoms with Crippen molar-refractivity contribution < 1.29 is 4.39 Å². The Hall–Kier alpha value is -1.58. The number of nitrogens with two attached hydrogens (primary N) is 1. The molecule has 0 aliphatic carbocycles. The summed E-state index contributed by atoms with van der Waals surface area (Å²) in [7, 11) is 0. The number of benzene rings is 1. The van der Waals surface area contributed by atoms with Gasteiger partial charge in [0, 0.05) is 18.8 Å². The summed E-state index contributed by atoms with van der Waals surface area (Å²) < 4.78 is 13.2. The van der Waals surface area contributed by atoms with E-state index >= 15 is 0 Å². The van der Waals surface area contributed by atoms with Gasteiger partial charge in [-0.1, -0.05) is 19.9 Å². The highest BCUT2D eigenvalue weighted by molar-refractivity contribution is 5.96. The molecule has 1 aliphatic rings. The van der Waals surface area contributed by atoms with E-state index in [2.05, 4.69) is 18.8 Å². The normalized spacial score (nSPS) is 15.5. The minimum absolute atomic E-state index is 0.229. The van der Waals surface area contributed by atoms with E-state index in [0.29, 0.717) is 18.4 Å². The number of hydrogen-bond donors (Lipinski definition) is 1. The minimum Gasteiger partial charge on any atom is -0.370 e. The summed E-state index contributed by atoms with van der Waals surface area (Å²) in [6.07, 6.45) is 0.896. The molecule has 1 aromatic carbocycles. The number of anilines is 1. The second kappa shape index (κ2) is 4.73. The van der Waals surface area contributed by atoms with Crippen molar-refractivity contribution in [3.05, 3.63) is 29.6 Å². The Balaban J connectivity index is 2.21. The highest BCUT2D eigenvalue weighted by Gasteiger charge is 2.21. The fourth-order valence-electron chi connectivity index (χ4n) is 1.95. The number of aliphatic imine (C=N–C) groups is 1. The van der Waals surface area contributed by atoms with Crippen molar-refractivity contribution in [2.24, 2.45) is 16.6 Å². The Bertz CT molecular complexity index is 440. The fraction of sp³-hybridized carbons (Fsp3) is 0.462. The van der Waals surface area contributed by atoms with Crippen LogP contribution in [0.25, 0.3) is 0 Å². The first-order valence-electron chi connectivity index (χ1n) is 5.94. The zero-order valence-corrected chi connectivity index (χ0v) is 10.3. The lowest BCUT2D eigenvalue weighted by Crippen LogP contribution is -2.36. The van der Waals surface area contributed by atoms with Crippen molar-refractivity contribution in [3.63, 3.8) is 0 Å². The first kappa shape index (κ1) is 11.9. The smallest absolute Gasteiger partial charge is 0.195 e. The average molecular weight is 235 g/mol. The quantitative estimate of drug-likeness (QED) is 0.630. The molecule has 92 valence electrons. The Morgan fingerprint density at radius 2 is 2.29 bits per heavy atom. The fourth-order valence-corrected chi connectivity index (χ4v) is 1.95. The molecule has 17 heavy (non-hydrogen) atoms. The number of halogens is 1. The summed E-state index contributed by atoms with van der Waals surface area (Å²) in [5, 5.41) is 0. The summed E-state index contributed by atoms with van der Waals surface area (Å²) in [5.41, 5.74) is 7.94. The lowest BCUT2D eigenvalue weighted by molar-refractivity contribution is 0.628. The van der Waals surface area contributed by atoms with Crippen molar-refractivity contribution in [1.29, 1.82) is 0 Å². The first-order valence-corrected chi connectivity index (χ1v) is 5.94. The third-order valence-electron chi connectivity index (χ3n) is 2.84. The predicted molar refractivity (Wildman–Crippen MR) is 68.8 cm³/mol. The predicted octanol–water partition coefficient (Wildman–Crippen LogP) is 2.16. The summed E-state index contributed by atoms with van der Waals surface area (Å²) in [6, 6.07) is 4.84. The van der Waals surface area contributed by atoms with Crippen molar-refractivity contribution in [3.8, 4) is 0 Å². The molecule has 2 N–H and O–H groups in total. The maximum absolute atomic E-state index is 13.2. The van der Waals surface area contributed by atoms with E-state index in [1.165, 1.54) is 12.1 Å². The maximum atomic E-state index is 13.2. The monoisotopic (exact) mass is 235 g/mol. The van der Waals surface area contributed by atoms with E-state index in [0.717, 1.165) is 24.2 Å². The van der Waals surface area contributed by atoms with E-state index < -0.39 is 0 Å². The van der Waals surface area contributed by atoms with Gasteiger partial charge < -0.3 is 10.6 Å². The summed E-state index contributed by atoms with van der Waals surface area (Å²) in [4.78, 5) is 6.22. The highest BCUT2D eigenvalue weighted by Crippen LogP contribution is 2.28. The summed E-state index contributed by atoms with van der Waals surface area (Å²) in [5.74, 6) is 0.735. The molecule has 1 heterocycles. The molecule has 1 aromatic rings. The van der Waals surface area contributed by atoms with Gasteiger partial charge in [-0.05, 0) is 30.0 Å². The number of rotatable bonds is 2. The van der Waals surface area contributed by atoms with Gasteiger partial charge in [-0.3, -0.25) is 4.99 Å². The van der Waals surface area contributed by atoms with Gasteiger partial charge in [0.25, 0.3) is 0 Å². The van der Waals surface area contributed by atoms with E-state index in [-0.39, 0.29) is 5.82 Å². The molecule has 0 unspecified atom stereocenters. The van der Waals surface area contributed by atoms with Crippen molar-refractivity contribution in [2.75, 3.05) is 18.0 Å². The topological polar surface area (TPSA) is 41.6 Å². The second-order valence-electron chi connectivity index (χ2n) is 4.77. The molecule has 3 nitrogen and oxygen atoms in total. The molecule has 0 amide bonds. The number of nitrogens with zero attached hydrogens (tertiary/aromatic N) is 2. The zero-order valence-electron chi connectivity index (χ0n) is 10.3. The molecule has 4 heteroatoms. The standard InChI is InChI=1S/C13H18FN3/c1-9(2)8-16-13(15)17-6-5-10-3-4-11(14)7-12(10)17/h3-4,7,9H,5-6,8H2,1-2H3,(H2,15,16). The van der Waals surface area contributed by atoms with E-state index in [4.69, 9.17) is 5.73 Å². The average Bonchev–Trinajstić information content (AvgIpc) is 2.68. The van der Waals surface area contributed by atoms with Crippen LogP contribution in [-0.2, 0) is 6.42 Å². The minimum atomic E-state index is -0.229. The third kappa shape index (κ3) is 2.57. The van der Waals surface area contributed by atoms with Crippen LogP contribution in [-0.4, -0.2) is 19.0 Å². The van der Waals surface area contributed by atoms with Crippen molar-refractivity contribution in [1.82, 2.24) is 0 Å². The Morgan fingerprint density at radius 1 is 1.53 bits per heavy atom. The van der Waals surface area contributed by atoms with Gasteiger partial charge in [0.1, 0.15) is 5.82 Å². The first-order chi connectivity index (χ1) is 8.08. The Morgan fingerprint density at radius 3 is 3.00 bits per heavy atom. The maximum Gasteiger partial charge on any atom is 0.195 e. The highest BCUT2D eigenvalue weighted by atomic mass is 19.1. The van der Waals surface area contributed by atoms with Crippen LogP contribution in [0.4, 0.5) is 10.1 Å². The van der Waals surface area contributed by atoms with Crippen LogP contribution in [0.2, 0.25) is 0 Å². The largest absolute Gasteiger partial charge is 0.370 e. The van der Waals surface area contributed by atoms with Crippen molar-refractivity contribution >= 4 is 11.6 Å². The number of hydrogen-bond acceptors (Lipinski definition) is 1. The Kier molecular flexibility index (Phi) is 3.31. The van der Waals surface area contributed by atoms with Gasteiger partial charge in [0.05, 0.1) is 0 Å². The molecule has 1 aliphatic heterocycles. The van der Waals surface area contributed by atoms with Crippen LogP contribution < -0.4 is 10.6 Å². The molecule has 0 fully saturated rings. The van der Waals surface area contributed by atoms with Gasteiger partial charge in [0.15, 0.2) is 5.96 Å². The van der Waals surface area contributed by atoms with E-state index in [1.54, 1.807) is 0 Å². The van der Waals surface area contributed by atoms with Gasteiger partial charge in [0.2, 0.25) is 0 Å². The number of fused-ring (bicyclic) bond motifs is 1. The van der Waals surface area contributed by atoms with Crippen LogP contribution in [0.5, 0.6) is 0 Å². The SMILES string of the molecule is CC(C)CN=C(N)N1CCc2ccc(F)cc21. The zero-order chi connectivity index (χ0) is 12.4. The molecule has 0 spiro atoms. The van der Waals surface area contributed by atoms with Gasteiger partial charge in [-0.2, -0.15) is 0 Å². The van der Waals surface area contributed by atoms with Crippen LogP contribution in [0, 0.1) is 11.7 Å². The summed E-state index contributed by atoms with van der Waals surface area (Å²) >= 11 is 0. The van der Waals surface area contributed by atoms with Gasteiger partial charge in [-0.25, -0.2) is 4.39 Å². The molecule has 0 aromatic heterocycles. The molecular weight excluding hydrogens is 217 g/mol. The van der Waals surface area contributed by atoms with Crippen LogP contribution in [0.3, 0.4) is 0 Å². The van der Waals surface area contributed by atoms with Crippen LogP contribution >= 0.6 is 0 Å². The third-order valence-corrected chi connectivity index (χ3v) is 2.84. The van der Waals surface area contributed by atoms with Crippen LogP contribution in [0.1, 0.15) is 19.4 Å². The molecular formula is C13H18FN3. The molecule has 2 rings (SSSR count). The lowest BCUT2D eigenvalue weighted by atomic mass is 10.2. The van der Waals surface area contributed by atoms with E-state index in [1.807, 2.05) is 11.0 Å². The second-order valence-corrected chi connectivity index (χ2v) is 4.77. The molecule has 0 radical (unpaired) electrons. The van der Waals surface area contributed by atoms with Crippen molar-refractivity contribution in [2.45, 2.75) is 20.3 Å². The van der Waals surface area contributed by atoms with Crippen LogP contribution in [0.15, 0.2) is 23.2 Å².